The van der Waals surface area contributed by atoms with Crippen molar-refractivity contribution in [1.29, 1.82) is 0 Å². The highest BCUT2D eigenvalue weighted by Gasteiger charge is 2.44. The topological polar surface area (TPSA) is 78.8 Å². The quantitative estimate of drug-likeness (QED) is 0.578. The van der Waals surface area contributed by atoms with Crippen LogP contribution in [-0.2, 0) is 4.79 Å². The third-order valence-electron chi connectivity index (χ3n) is 2.66. The van der Waals surface area contributed by atoms with E-state index in [1.165, 1.54) is 0 Å². The van der Waals surface area contributed by atoms with Gasteiger partial charge in [-0.3, -0.25) is 4.79 Å². The first kappa shape index (κ1) is 8.37. The molecule has 0 radical (unpaired) electrons. The highest BCUT2D eigenvalue weighted by atomic mass is 16.3. The highest BCUT2D eigenvalue weighted by Crippen LogP contribution is 2.33. The Bertz CT molecular complexity index is 298. The first-order chi connectivity index (χ1) is 6.25. The molecule has 0 aromatic rings. The Balaban J connectivity index is 2.33. The van der Waals surface area contributed by atoms with E-state index in [1.807, 2.05) is 0 Å². The maximum absolute atomic E-state index is 11.4. The van der Waals surface area contributed by atoms with Crippen molar-refractivity contribution >= 4 is 5.78 Å². The summed E-state index contributed by atoms with van der Waals surface area (Å²) < 4.78 is 0. The summed E-state index contributed by atoms with van der Waals surface area (Å²) in [5.41, 5.74) is -0.288. The number of fused-ring (bicyclic) bond motifs is 1. The van der Waals surface area contributed by atoms with Crippen molar-refractivity contribution in [2.75, 3.05) is 6.54 Å². The first-order valence-electron chi connectivity index (χ1n) is 4.30. The molecule has 0 bridgehead atoms. The number of nitrogens with one attached hydrogen (secondary N) is 1. The number of nitrogens with zero attached hydrogens (tertiary/aromatic N) is 1. The van der Waals surface area contributed by atoms with Gasteiger partial charge in [-0.25, -0.2) is 0 Å². The average molecular weight is 182 g/mol. The molecule has 5 heteroatoms. The fourth-order valence-corrected chi connectivity index (χ4v) is 2.00. The number of rotatable bonds is 1. The van der Waals surface area contributed by atoms with E-state index in [1.54, 1.807) is 0 Å². The lowest BCUT2D eigenvalue weighted by atomic mass is 9.93. The zero-order valence-corrected chi connectivity index (χ0v) is 6.99. The van der Waals surface area contributed by atoms with Crippen molar-refractivity contribution in [2.45, 2.75) is 18.9 Å². The van der Waals surface area contributed by atoms with Crippen molar-refractivity contribution in [3.05, 3.63) is 16.4 Å². The number of aliphatic hydroxyl groups excluding tert-OH is 1. The molecule has 1 fully saturated rings. The lowest BCUT2D eigenvalue weighted by molar-refractivity contribution is -0.117. The van der Waals surface area contributed by atoms with E-state index in [4.69, 9.17) is 0 Å². The molecular weight excluding hydrogens is 172 g/mol. The number of hydrogen-bond donors (Lipinski definition) is 2. The van der Waals surface area contributed by atoms with E-state index >= 15 is 0 Å². The number of Topliss-reactive ketones (excluding diaryl/α,β-unsaturated/α-hetero) is 1. The van der Waals surface area contributed by atoms with E-state index in [0.29, 0.717) is 0 Å². The van der Waals surface area contributed by atoms with E-state index in [9.17, 15) is 14.8 Å². The number of ketones is 1. The Hall–Kier alpha value is -1.23. The van der Waals surface area contributed by atoms with Gasteiger partial charge in [-0.05, 0) is 24.6 Å². The third kappa shape index (κ3) is 1.07. The van der Waals surface area contributed by atoms with E-state index in [2.05, 4.69) is 10.5 Å². The predicted octanol–water partition coefficient (Wildman–Crippen LogP) is 0.473. The molecule has 0 saturated carbocycles. The molecule has 2 rings (SSSR count). The Labute approximate surface area is 74.8 Å². The van der Waals surface area contributed by atoms with Crippen LogP contribution in [0.15, 0.2) is 16.6 Å². The minimum Gasteiger partial charge on any atom is -0.509 e. The zero-order valence-electron chi connectivity index (χ0n) is 6.99. The monoisotopic (exact) mass is 182 g/mol. The molecule has 0 aromatic carbocycles. The van der Waals surface area contributed by atoms with E-state index in [-0.39, 0.29) is 23.2 Å². The van der Waals surface area contributed by atoms with E-state index < -0.39 is 6.04 Å². The lowest BCUT2D eigenvalue weighted by Crippen LogP contribution is -2.43. The minimum absolute atomic E-state index is 0.128. The summed E-state index contributed by atoms with van der Waals surface area (Å²) in [5, 5.41) is 15.0. The van der Waals surface area contributed by atoms with Crippen LogP contribution in [0.4, 0.5) is 0 Å². The van der Waals surface area contributed by atoms with Crippen LogP contribution in [0.3, 0.4) is 0 Å². The molecule has 70 valence electrons. The summed E-state index contributed by atoms with van der Waals surface area (Å²) in [6.07, 6.45) is 1.65. The van der Waals surface area contributed by atoms with Crippen molar-refractivity contribution in [3.8, 4) is 0 Å². The molecule has 1 heterocycles. The molecule has 1 aliphatic heterocycles. The van der Waals surface area contributed by atoms with Gasteiger partial charge < -0.3 is 10.4 Å². The van der Waals surface area contributed by atoms with Gasteiger partial charge in [0.25, 0.3) is 0 Å². The molecule has 13 heavy (non-hydrogen) atoms. The van der Waals surface area contributed by atoms with Gasteiger partial charge in [0, 0.05) is 5.92 Å². The normalized spacial score (nSPS) is 33.4. The number of nitroso groups, excluding NO2 is 1. The summed E-state index contributed by atoms with van der Waals surface area (Å²) in [5.74, 6) is -0.719. The number of carbonyl (C=O) groups is 1. The van der Waals surface area contributed by atoms with Crippen LogP contribution in [0.25, 0.3) is 0 Å². The van der Waals surface area contributed by atoms with Crippen molar-refractivity contribution in [1.82, 2.24) is 5.32 Å². The Morgan fingerprint density at radius 1 is 1.54 bits per heavy atom. The predicted molar refractivity (Wildman–Crippen MR) is 45.0 cm³/mol. The fourth-order valence-electron chi connectivity index (χ4n) is 2.00. The summed E-state index contributed by atoms with van der Waals surface area (Å²) in [6.45, 7) is 0.756. The van der Waals surface area contributed by atoms with Crippen LogP contribution in [0, 0.1) is 10.8 Å². The van der Waals surface area contributed by atoms with Gasteiger partial charge in [-0.1, -0.05) is 0 Å². The van der Waals surface area contributed by atoms with Gasteiger partial charge in [0.15, 0.2) is 5.70 Å². The maximum atomic E-state index is 11.4. The van der Waals surface area contributed by atoms with Crippen LogP contribution in [-0.4, -0.2) is 23.5 Å². The second kappa shape index (κ2) is 2.92. The van der Waals surface area contributed by atoms with Crippen LogP contribution in [0.5, 0.6) is 0 Å². The SMILES string of the molecule is O=NC1=C(O)C2CCCNC2C1=O. The molecule has 2 atom stereocenters. The smallest absolute Gasteiger partial charge is 0.205 e. The molecule has 0 amide bonds. The van der Waals surface area contributed by atoms with Gasteiger partial charge in [0.2, 0.25) is 5.78 Å². The van der Waals surface area contributed by atoms with Gasteiger partial charge in [-0.2, -0.15) is 0 Å². The van der Waals surface area contributed by atoms with E-state index in [0.717, 1.165) is 19.4 Å². The van der Waals surface area contributed by atoms with Crippen LogP contribution < -0.4 is 5.32 Å². The van der Waals surface area contributed by atoms with Crippen molar-refractivity contribution in [3.63, 3.8) is 0 Å². The Morgan fingerprint density at radius 2 is 2.31 bits per heavy atom. The minimum atomic E-state index is -0.415. The molecule has 2 N–H and O–H groups in total. The van der Waals surface area contributed by atoms with Crippen LogP contribution >= 0.6 is 0 Å². The number of carbonyl (C=O) groups excluding carboxylic acids is 1. The standard InChI is InChI=1S/C8H10N2O3/c11-7-4-2-1-3-9-5(4)8(12)6(7)10-13/h4-5,9,11H,1-3H2. The largest absolute Gasteiger partial charge is 0.509 e. The van der Waals surface area contributed by atoms with Crippen LogP contribution in [0.2, 0.25) is 0 Å². The van der Waals surface area contributed by atoms with Gasteiger partial charge >= 0.3 is 0 Å². The second-order valence-corrected chi connectivity index (χ2v) is 3.37. The van der Waals surface area contributed by atoms with Crippen molar-refractivity contribution < 1.29 is 9.90 Å². The molecule has 2 aliphatic rings. The third-order valence-corrected chi connectivity index (χ3v) is 2.66. The van der Waals surface area contributed by atoms with Crippen molar-refractivity contribution in [2.24, 2.45) is 11.1 Å². The molecule has 1 aliphatic carbocycles. The van der Waals surface area contributed by atoms with Gasteiger partial charge in [0.1, 0.15) is 5.76 Å². The molecule has 2 unspecified atom stereocenters. The number of aliphatic hydroxyl groups is 1. The highest BCUT2D eigenvalue weighted by molar-refractivity contribution is 6.02. The first-order valence-corrected chi connectivity index (χ1v) is 4.30. The Morgan fingerprint density at radius 3 is 2.92 bits per heavy atom. The molecule has 5 nitrogen and oxygen atoms in total. The zero-order chi connectivity index (χ0) is 9.42. The van der Waals surface area contributed by atoms with Crippen LogP contribution in [0.1, 0.15) is 12.8 Å². The summed E-state index contributed by atoms with van der Waals surface area (Å²) in [7, 11) is 0. The summed E-state index contributed by atoms with van der Waals surface area (Å²) >= 11 is 0. The molecule has 0 spiro atoms. The molecular formula is C8H10N2O3. The number of piperidine rings is 1. The second-order valence-electron chi connectivity index (χ2n) is 3.37. The maximum Gasteiger partial charge on any atom is 0.205 e. The summed E-state index contributed by atoms with van der Waals surface area (Å²) in [6, 6.07) is -0.415. The molecule has 1 saturated heterocycles. The van der Waals surface area contributed by atoms with Gasteiger partial charge in [0.05, 0.1) is 6.04 Å². The molecule has 0 aromatic heterocycles. The number of hydrogen-bond acceptors (Lipinski definition) is 5. The summed E-state index contributed by atoms with van der Waals surface area (Å²) in [4.78, 5) is 21.7. The fraction of sp³-hybridized carbons (Fsp3) is 0.625. The average Bonchev–Trinajstić information content (AvgIpc) is 2.41. The lowest BCUT2D eigenvalue weighted by Gasteiger charge is -2.25. The van der Waals surface area contributed by atoms with Gasteiger partial charge in [-0.15, -0.1) is 4.91 Å². The Kier molecular flexibility index (Phi) is 1.88.